The highest BCUT2D eigenvalue weighted by Gasteiger charge is 2.33. The molecule has 0 amide bonds. The molecule has 0 bridgehead atoms. The standard InChI is InChI=1S/C31H27ClN2O4S2/c1-4-37-30(36)27-19(2)33-31-34(28(27)21-11-15-24(39-3)16-12-21)29(35)26(40-31)17-20-9-13-23(14-10-20)38-18-22-7-5-6-8-25(22)32/h5-17,28H,4,18H2,1-3H3/b26-17-/t28-/m1/s1. The molecule has 4 aromatic rings. The largest absolute Gasteiger partial charge is 0.489 e. The first-order valence-corrected chi connectivity index (χ1v) is 15.1. The molecule has 0 radical (unpaired) electrons. The Bertz CT molecular complexity index is 1760. The Labute approximate surface area is 245 Å². The number of benzene rings is 3. The minimum Gasteiger partial charge on any atom is -0.489 e. The van der Waals surface area contributed by atoms with E-state index >= 15 is 0 Å². The summed E-state index contributed by atoms with van der Waals surface area (Å²) in [5.41, 5.74) is 3.28. The van der Waals surface area contributed by atoms with Crippen LogP contribution in [0.1, 0.15) is 36.6 Å². The van der Waals surface area contributed by atoms with Gasteiger partial charge in [0.15, 0.2) is 4.80 Å². The van der Waals surface area contributed by atoms with E-state index in [0.29, 0.717) is 38.0 Å². The molecule has 1 aliphatic heterocycles. The van der Waals surface area contributed by atoms with Crippen molar-refractivity contribution in [1.82, 2.24) is 4.57 Å². The highest BCUT2D eigenvalue weighted by molar-refractivity contribution is 7.98. The lowest BCUT2D eigenvalue weighted by molar-refractivity contribution is -0.139. The molecular formula is C31H27ClN2O4S2. The number of hydrogen-bond acceptors (Lipinski definition) is 7. The number of thioether (sulfide) groups is 1. The zero-order valence-corrected chi connectivity index (χ0v) is 24.6. The van der Waals surface area contributed by atoms with Crippen LogP contribution in [0.25, 0.3) is 6.08 Å². The van der Waals surface area contributed by atoms with Gasteiger partial charge < -0.3 is 9.47 Å². The molecule has 0 spiro atoms. The fourth-order valence-corrected chi connectivity index (χ4v) is 6.13. The zero-order valence-electron chi connectivity index (χ0n) is 22.2. The summed E-state index contributed by atoms with van der Waals surface area (Å²) in [4.78, 5) is 33.1. The number of thiazole rings is 1. The number of esters is 1. The van der Waals surface area contributed by atoms with E-state index in [2.05, 4.69) is 4.99 Å². The molecule has 1 aromatic heterocycles. The van der Waals surface area contributed by atoms with Gasteiger partial charge in [-0.05, 0) is 67.6 Å². The van der Waals surface area contributed by atoms with Gasteiger partial charge in [-0.1, -0.05) is 65.4 Å². The maximum absolute atomic E-state index is 13.8. The van der Waals surface area contributed by atoms with E-state index in [1.165, 1.54) is 11.3 Å². The fourth-order valence-electron chi connectivity index (χ4n) is 4.48. The monoisotopic (exact) mass is 590 g/mol. The number of carbonyl (C=O) groups is 1. The molecule has 5 rings (SSSR count). The Balaban J connectivity index is 1.50. The van der Waals surface area contributed by atoms with Crippen LogP contribution in [0.15, 0.2) is 98.7 Å². The van der Waals surface area contributed by atoms with Crippen molar-refractivity contribution in [3.63, 3.8) is 0 Å². The second-order valence-electron chi connectivity index (χ2n) is 9.02. The van der Waals surface area contributed by atoms with Crippen molar-refractivity contribution in [3.8, 4) is 5.75 Å². The lowest BCUT2D eigenvalue weighted by Crippen LogP contribution is -2.39. The van der Waals surface area contributed by atoms with Crippen molar-refractivity contribution in [2.24, 2.45) is 4.99 Å². The molecular weight excluding hydrogens is 564 g/mol. The Morgan fingerprint density at radius 2 is 1.82 bits per heavy atom. The normalized spacial score (nSPS) is 15.0. The summed E-state index contributed by atoms with van der Waals surface area (Å²) >= 11 is 9.15. The molecule has 3 aromatic carbocycles. The number of fused-ring (bicyclic) bond motifs is 1. The van der Waals surface area contributed by atoms with Crippen molar-refractivity contribution in [3.05, 3.63) is 125 Å². The Morgan fingerprint density at radius 3 is 2.50 bits per heavy atom. The van der Waals surface area contributed by atoms with Crippen molar-refractivity contribution in [2.75, 3.05) is 12.9 Å². The molecule has 204 valence electrons. The molecule has 0 N–H and O–H groups in total. The Morgan fingerprint density at radius 1 is 1.10 bits per heavy atom. The number of hydrogen-bond donors (Lipinski definition) is 0. The lowest BCUT2D eigenvalue weighted by Gasteiger charge is -2.24. The van der Waals surface area contributed by atoms with E-state index in [4.69, 9.17) is 21.1 Å². The van der Waals surface area contributed by atoms with Crippen LogP contribution in [-0.4, -0.2) is 23.4 Å². The van der Waals surface area contributed by atoms with Gasteiger partial charge in [0, 0.05) is 15.5 Å². The maximum atomic E-state index is 13.8. The molecule has 6 nitrogen and oxygen atoms in total. The van der Waals surface area contributed by atoms with Gasteiger partial charge in [0.25, 0.3) is 5.56 Å². The molecule has 0 unspecified atom stereocenters. The highest BCUT2D eigenvalue weighted by atomic mass is 35.5. The fraction of sp³-hybridized carbons (Fsp3) is 0.194. The van der Waals surface area contributed by atoms with Crippen molar-refractivity contribution in [2.45, 2.75) is 31.4 Å². The topological polar surface area (TPSA) is 69.9 Å². The van der Waals surface area contributed by atoms with Crippen LogP contribution in [0.5, 0.6) is 5.75 Å². The average Bonchev–Trinajstić information content (AvgIpc) is 3.26. The first kappa shape index (κ1) is 28.0. The molecule has 0 saturated heterocycles. The first-order chi connectivity index (χ1) is 19.4. The Kier molecular flexibility index (Phi) is 8.59. The summed E-state index contributed by atoms with van der Waals surface area (Å²) in [6.07, 6.45) is 3.84. The van der Waals surface area contributed by atoms with Gasteiger partial charge in [0.05, 0.1) is 28.5 Å². The van der Waals surface area contributed by atoms with Gasteiger partial charge in [-0.15, -0.1) is 11.8 Å². The highest BCUT2D eigenvalue weighted by Crippen LogP contribution is 2.31. The third kappa shape index (κ3) is 5.80. The molecule has 0 fully saturated rings. The molecule has 1 aliphatic rings. The van der Waals surface area contributed by atoms with Gasteiger partial charge in [-0.25, -0.2) is 9.79 Å². The zero-order chi connectivity index (χ0) is 28.2. The number of allylic oxidation sites excluding steroid dienone is 1. The van der Waals surface area contributed by atoms with Gasteiger partial charge in [0.1, 0.15) is 12.4 Å². The van der Waals surface area contributed by atoms with E-state index in [-0.39, 0.29) is 12.2 Å². The minimum atomic E-state index is -0.631. The van der Waals surface area contributed by atoms with E-state index in [0.717, 1.165) is 21.6 Å². The van der Waals surface area contributed by atoms with Crippen LogP contribution in [0.4, 0.5) is 0 Å². The predicted molar refractivity (Wildman–Crippen MR) is 161 cm³/mol. The molecule has 1 atom stereocenters. The summed E-state index contributed by atoms with van der Waals surface area (Å²) in [5, 5.41) is 0.661. The molecule has 9 heteroatoms. The third-order valence-electron chi connectivity index (χ3n) is 6.48. The number of carbonyl (C=O) groups excluding carboxylic acids is 1. The molecule has 2 heterocycles. The summed E-state index contributed by atoms with van der Waals surface area (Å²) < 4.78 is 13.4. The average molecular weight is 591 g/mol. The predicted octanol–water partition coefficient (Wildman–Crippen LogP) is 5.75. The first-order valence-electron chi connectivity index (χ1n) is 12.7. The molecule has 0 saturated carbocycles. The van der Waals surface area contributed by atoms with Gasteiger partial charge in [0.2, 0.25) is 0 Å². The smallest absolute Gasteiger partial charge is 0.338 e. The van der Waals surface area contributed by atoms with Gasteiger partial charge in [-0.2, -0.15) is 0 Å². The van der Waals surface area contributed by atoms with Crippen LogP contribution in [0.2, 0.25) is 5.02 Å². The maximum Gasteiger partial charge on any atom is 0.338 e. The summed E-state index contributed by atoms with van der Waals surface area (Å²) in [6, 6.07) is 22.3. The molecule has 0 aliphatic carbocycles. The van der Waals surface area contributed by atoms with Crippen LogP contribution in [0, 0.1) is 0 Å². The van der Waals surface area contributed by atoms with E-state index in [1.54, 1.807) is 30.2 Å². The number of halogens is 1. The second-order valence-corrected chi connectivity index (χ2v) is 11.3. The van der Waals surface area contributed by atoms with Crippen molar-refractivity contribution < 1.29 is 14.3 Å². The summed E-state index contributed by atoms with van der Waals surface area (Å²) in [5.74, 6) is 0.228. The Hall–Kier alpha value is -3.59. The van der Waals surface area contributed by atoms with Crippen molar-refractivity contribution in [1.29, 1.82) is 0 Å². The number of ether oxygens (including phenoxy) is 2. The lowest BCUT2D eigenvalue weighted by atomic mass is 9.96. The minimum absolute atomic E-state index is 0.212. The van der Waals surface area contributed by atoms with Crippen LogP contribution in [0.3, 0.4) is 0 Å². The second kappa shape index (κ2) is 12.3. The summed E-state index contributed by atoms with van der Waals surface area (Å²) in [6.45, 7) is 4.14. The summed E-state index contributed by atoms with van der Waals surface area (Å²) in [7, 11) is 0. The van der Waals surface area contributed by atoms with E-state index < -0.39 is 12.0 Å². The van der Waals surface area contributed by atoms with Crippen LogP contribution >= 0.6 is 34.7 Å². The van der Waals surface area contributed by atoms with E-state index in [9.17, 15) is 9.59 Å². The number of nitrogens with zero attached hydrogens (tertiary/aromatic N) is 2. The third-order valence-corrected chi connectivity index (χ3v) is 8.57. The quantitative estimate of drug-likeness (QED) is 0.193. The molecule has 40 heavy (non-hydrogen) atoms. The van der Waals surface area contributed by atoms with Gasteiger partial charge >= 0.3 is 5.97 Å². The number of rotatable bonds is 8. The van der Waals surface area contributed by atoms with Crippen LogP contribution < -0.4 is 19.6 Å². The number of aromatic nitrogens is 1. The van der Waals surface area contributed by atoms with E-state index in [1.807, 2.05) is 85.1 Å². The van der Waals surface area contributed by atoms with Crippen LogP contribution in [-0.2, 0) is 16.1 Å². The van der Waals surface area contributed by atoms with Gasteiger partial charge in [-0.3, -0.25) is 9.36 Å². The van der Waals surface area contributed by atoms with Crippen molar-refractivity contribution >= 4 is 46.7 Å². The SMILES string of the molecule is CCOC(=O)C1=C(C)N=c2s/c(=C\c3ccc(OCc4ccccc4Cl)cc3)c(=O)n2[C@@H]1c1ccc(SC)cc1.